The van der Waals surface area contributed by atoms with Gasteiger partial charge in [-0.3, -0.25) is 4.79 Å². The zero-order chi connectivity index (χ0) is 22.1. The normalized spacial score (nSPS) is 12.5. The zero-order valence-corrected chi connectivity index (χ0v) is 20.2. The molecular formula is C24H48N2O3S. The summed E-state index contributed by atoms with van der Waals surface area (Å²) in [5, 5.41) is 12.3. The van der Waals surface area contributed by atoms with Gasteiger partial charge in [0.2, 0.25) is 5.91 Å². The van der Waals surface area contributed by atoms with Gasteiger partial charge in [0, 0.05) is 18.1 Å². The minimum absolute atomic E-state index is 0.0438. The third-order valence-corrected chi connectivity index (χ3v) is 5.99. The van der Waals surface area contributed by atoms with Crippen LogP contribution in [0.5, 0.6) is 0 Å². The van der Waals surface area contributed by atoms with E-state index < -0.39 is 0 Å². The summed E-state index contributed by atoms with van der Waals surface area (Å²) in [6.45, 7) is 3.46. The van der Waals surface area contributed by atoms with Crippen molar-refractivity contribution in [1.82, 2.24) is 5.32 Å². The fraction of sp³-hybridized carbons (Fsp3) is 0.875. The number of hydrogen-bond donors (Lipinski definition) is 3. The molecule has 30 heavy (non-hydrogen) atoms. The summed E-state index contributed by atoms with van der Waals surface area (Å²) < 4.78 is 5.34. The maximum absolute atomic E-state index is 11.9. The van der Waals surface area contributed by atoms with Gasteiger partial charge in [0.05, 0.1) is 19.3 Å². The molecule has 0 radical (unpaired) electrons. The Morgan fingerprint density at radius 2 is 1.63 bits per heavy atom. The van der Waals surface area contributed by atoms with Crippen LogP contribution in [-0.2, 0) is 9.53 Å². The minimum atomic E-state index is -0.235. The number of aliphatic hydroxyl groups excluding tert-OH is 1. The first kappa shape index (κ1) is 29.4. The number of hydrogen-bond acceptors (Lipinski definition) is 5. The Balaban J connectivity index is 3.51. The Labute approximate surface area is 190 Å². The molecule has 178 valence electrons. The summed E-state index contributed by atoms with van der Waals surface area (Å²) in [4.78, 5) is 11.9. The van der Waals surface area contributed by atoms with Crippen LogP contribution in [0.25, 0.3) is 0 Å². The lowest BCUT2D eigenvalue weighted by Gasteiger charge is -2.14. The number of rotatable bonds is 23. The SMILES string of the molecule is CCCCCCCCCCCCC/C=C/CC(CO)NC(=O)COCCSCCN. The van der Waals surface area contributed by atoms with E-state index in [1.165, 1.54) is 70.6 Å². The lowest BCUT2D eigenvalue weighted by atomic mass is 10.1. The molecular weight excluding hydrogens is 396 g/mol. The van der Waals surface area contributed by atoms with Gasteiger partial charge in [0.25, 0.3) is 0 Å². The molecule has 0 bridgehead atoms. The Kier molecular flexibility index (Phi) is 24.2. The monoisotopic (exact) mass is 444 g/mol. The van der Waals surface area contributed by atoms with Crippen LogP contribution in [0.4, 0.5) is 0 Å². The number of carbonyl (C=O) groups is 1. The summed E-state index contributed by atoms with van der Waals surface area (Å²) in [7, 11) is 0. The van der Waals surface area contributed by atoms with Gasteiger partial charge in [-0.15, -0.1) is 0 Å². The second-order valence-electron chi connectivity index (χ2n) is 7.93. The summed E-state index contributed by atoms with van der Waals surface area (Å²) in [5.74, 6) is 1.58. The molecule has 6 heteroatoms. The molecule has 0 saturated carbocycles. The van der Waals surface area contributed by atoms with Crippen LogP contribution < -0.4 is 11.1 Å². The van der Waals surface area contributed by atoms with E-state index in [1.54, 1.807) is 11.8 Å². The van der Waals surface area contributed by atoms with E-state index in [0.29, 0.717) is 19.6 Å². The topological polar surface area (TPSA) is 84.6 Å². The highest BCUT2D eigenvalue weighted by Crippen LogP contribution is 2.12. The summed E-state index contributed by atoms with van der Waals surface area (Å²) >= 11 is 1.72. The van der Waals surface area contributed by atoms with Crippen LogP contribution >= 0.6 is 11.8 Å². The third kappa shape index (κ3) is 22.1. The van der Waals surface area contributed by atoms with E-state index in [-0.39, 0.29) is 25.2 Å². The van der Waals surface area contributed by atoms with Crippen LogP contribution in [0.2, 0.25) is 0 Å². The Bertz CT molecular complexity index is 395. The Morgan fingerprint density at radius 3 is 2.23 bits per heavy atom. The second kappa shape index (κ2) is 24.7. The molecule has 1 unspecified atom stereocenters. The highest BCUT2D eigenvalue weighted by molar-refractivity contribution is 7.99. The van der Waals surface area contributed by atoms with Crippen molar-refractivity contribution in [1.29, 1.82) is 0 Å². The smallest absolute Gasteiger partial charge is 0.246 e. The first-order chi connectivity index (χ1) is 14.7. The molecule has 0 aromatic carbocycles. The molecule has 0 saturated heterocycles. The van der Waals surface area contributed by atoms with Gasteiger partial charge in [-0.1, -0.05) is 83.3 Å². The quantitative estimate of drug-likeness (QED) is 0.155. The fourth-order valence-corrected chi connectivity index (χ4v) is 3.83. The molecule has 0 aliphatic carbocycles. The van der Waals surface area contributed by atoms with Crippen LogP contribution in [0.3, 0.4) is 0 Å². The van der Waals surface area contributed by atoms with Crippen molar-refractivity contribution in [3.63, 3.8) is 0 Å². The van der Waals surface area contributed by atoms with Crippen molar-refractivity contribution < 1.29 is 14.6 Å². The zero-order valence-electron chi connectivity index (χ0n) is 19.4. The molecule has 0 heterocycles. The van der Waals surface area contributed by atoms with E-state index in [9.17, 15) is 9.90 Å². The van der Waals surface area contributed by atoms with Crippen LogP contribution in [0.1, 0.15) is 90.4 Å². The largest absolute Gasteiger partial charge is 0.394 e. The highest BCUT2D eigenvalue weighted by atomic mass is 32.2. The number of nitrogens with one attached hydrogen (secondary N) is 1. The lowest BCUT2D eigenvalue weighted by Crippen LogP contribution is -2.39. The molecule has 0 aliphatic heterocycles. The maximum Gasteiger partial charge on any atom is 0.246 e. The molecule has 0 aromatic rings. The number of amides is 1. The van der Waals surface area contributed by atoms with Crippen molar-refractivity contribution in [2.75, 3.05) is 37.9 Å². The number of nitrogens with two attached hydrogens (primary N) is 1. The van der Waals surface area contributed by atoms with Crippen LogP contribution in [0.15, 0.2) is 12.2 Å². The molecule has 0 rings (SSSR count). The number of aliphatic hydroxyl groups is 1. The number of allylic oxidation sites excluding steroid dienone is 1. The number of carbonyl (C=O) groups excluding carboxylic acids is 1. The average Bonchev–Trinajstić information content (AvgIpc) is 2.75. The second-order valence-corrected chi connectivity index (χ2v) is 9.16. The molecule has 4 N–H and O–H groups in total. The standard InChI is InChI=1S/C24H48N2O3S/c1-2-3-4-5-6-7-8-9-10-11-12-13-14-15-16-23(21-27)26-24(28)22-29-18-20-30-19-17-25/h14-15,23,27H,2-13,16-22,25H2,1H3,(H,26,28)/b15-14+. The first-order valence-electron chi connectivity index (χ1n) is 12.1. The van der Waals surface area contributed by atoms with E-state index in [4.69, 9.17) is 10.5 Å². The Hall–Kier alpha value is -0.560. The molecule has 0 spiro atoms. The molecule has 1 amide bonds. The molecule has 0 aromatic heterocycles. The van der Waals surface area contributed by atoms with Crippen molar-refractivity contribution in [3.05, 3.63) is 12.2 Å². The van der Waals surface area contributed by atoms with Gasteiger partial charge < -0.3 is 20.9 Å². The predicted octanol–water partition coefficient (Wildman–Crippen LogP) is 4.82. The molecule has 1 atom stereocenters. The van der Waals surface area contributed by atoms with Crippen molar-refractivity contribution in [2.45, 2.75) is 96.4 Å². The minimum Gasteiger partial charge on any atom is -0.394 e. The first-order valence-corrected chi connectivity index (χ1v) is 13.3. The number of unbranched alkanes of at least 4 members (excludes halogenated alkanes) is 11. The van der Waals surface area contributed by atoms with E-state index >= 15 is 0 Å². The summed E-state index contributed by atoms with van der Waals surface area (Å²) in [6, 6.07) is -0.235. The van der Waals surface area contributed by atoms with Crippen molar-refractivity contribution in [3.8, 4) is 0 Å². The van der Waals surface area contributed by atoms with E-state index in [1.807, 2.05) is 0 Å². The summed E-state index contributed by atoms with van der Waals surface area (Å²) in [5.41, 5.74) is 5.42. The third-order valence-electron chi connectivity index (χ3n) is 5.01. The van der Waals surface area contributed by atoms with Gasteiger partial charge in [-0.2, -0.15) is 11.8 Å². The van der Waals surface area contributed by atoms with Gasteiger partial charge >= 0.3 is 0 Å². The summed E-state index contributed by atoms with van der Waals surface area (Å²) in [6.07, 6.45) is 20.9. The van der Waals surface area contributed by atoms with Gasteiger partial charge in [-0.25, -0.2) is 0 Å². The van der Waals surface area contributed by atoms with Crippen LogP contribution in [0, 0.1) is 0 Å². The van der Waals surface area contributed by atoms with Crippen molar-refractivity contribution >= 4 is 17.7 Å². The van der Waals surface area contributed by atoms with Crippen LogP contribution in [-0.4, -0.2) is 54.9 Å². The Morgan fingerprint density at radius 1 is 1.00 bits per heavy atom. The van der Waals surface area contributed by atoms with Crippen molar-refractivity contribution in [2.24, 2.45) is 5.73 Å². The van der Waals surface area contributed by atoms with E-state index in [0.717, 1.165) is 17.9 Å². The number of thioether (sulfide) groups is 1. The van der Waals surface area contributed by atoms with Gasteiger partial charge in [0.1, 0.15) is 6.61 Å². The fourth-order valence-electron chi connectivity index (χ4n) is 3.22. The highest BCUT2D eigenvalue weighted by Gasteiger charge is 2.09. The molecule has 5 nitrogen and oxygen atoms in total. The van der Waals surface area contributed by atoms with E-state index in [2.05, 4.69) is 24.4 Å². The molecule has 0 aliphatic rings. The molecule has 0 fully saturated rings. The number of ether oxygens (including phenoxy) is 1. The predicted molar refractivity (Wildman–Crippen MR) is 131 cm³/mol. The van der Waals surface area contributed by atoms with Gasteiger partial charge in [-0.05, 0) is 19.3 Å². The maximum atomic E-state index is 11.9. The average molecular weight is 445 g/mol. The van der Waals surface area contributed by atoms with Gasteiger partial charge in [0.15, 0.2) is 0 Å². The lowest BCUT2D eigenvalue weighted by molar-refractivity contribution is -0.126.